The minimum Gasteiger partial charge on any atom is -0.300 e. The molecule has 114 valence electrons. The van der Waals surface area contributed by atoms with E-state index < -0.39 is 15.1 Å². The molecule has 1 rings (SSSR count). The first-order valence-electron chi connectivity index (χ1n) is 5.50. The van der Waals surface area contributed by atoms with Crippen molar-refractivity contribution in [2.75, 3.05) is 5.75 Å². The summed E-state index contributed by atoms with van der Waals surface area (Å²) >= 11 is 1.19. The number of thioether (sulfide) groups is 1. The van der Waals surface area contributed by atoms with Crippen LogP contribution in [0.5, 0.6) is 0 Å². The van der Waals surface area contributed by atoms with Gasteiger partial charge >= 0.3 is 10.2 Å². The smallest absolute Gasteiger partial charge is 0.300 e. The zero-order chi connectivity index (χ0) is 15.5. The third kappa shape index (κ3) is 5.96. The Bertz CT molecular complexity index is 519. The van der Waals surface area contributed by atoms with Crippen molar-refractivity contribution in [3.8, 4) is 0 Å². The van der Waals surface area contributed by atoms with Gasteiger partial charge in [-0.3, -0.25) is 4.79 Å². The highest BCUT2D eigenvalue weighted by molar-refractivity contribution is 8.45. The number of ketones is 1. The summed E-state index contributed by atoms with van der Waals surface area (Å²) in [6.45, 7) is 1.44. The SMILES string of the molecule is CC(=O)C/C=C/CSc1ccc(S(F)(F)(F)(F)F)cc1. The molecule has 1 aromatic rings. The number of benzene rings is 1. The lowest BCUT2D eigenvalue weighted by atomic mass is 10.3. The zero-order valence-corrected chi connectivity index (χ0v) is 12.1. The van der Waals surface area contributed by atoms with Crippen molar-refractivity contribution >= 4 is 27.8 Å². The molecule has 0 aromatic heterocycles. The molecule has 0 fully saturated rings. The molecule has 0 heterocycles. The Morgan fingerprint density at radius 2 is 1.65 bits per heavy atom. The highest BCUT2D eigenvalue weighted by Gasteiger charge is 2.65. The van der Waals surface area contributed by atoms with E-state index in [0.29, 0.717) is 29.2 Å². The summed E-state index contributed by atoms with van der Waals surface area (Å²) in [6, 6.07) is 2.81. The predicted molar refractivity (Wildman–Crippen MR) is 73.0 cm³/mol. The third-order valence-electron chi connectivity index (χ3n) is 2.19. The van der Waals surface area contributed by atoms with E-state index in [-0.39, 0.29) is 5.78 Å². The molecule has 20 heavy (non-hydrogen) atoms. The molecule has 0 aliphatic carbocycles. The summed E-state index contributed by atoms with van der Waals surface area (Å²) in [6.07, 6.45) is 3.65. The van der Waals surface area contributed by atoms with Crippen molar-refractivity contribution in [3.63, 3.8) is 0 Å². The summed E-state index contributed by atoms with van der Waals surface area (Å²) < 4.78 is 62.3. The predicted octanol–water partition coefficient (Wildman–Crippen LogP) is 5.97. The van der Waals surface area contributed by atoms with Crippen LogP contribution in [-0.2, 0) is 4.79 Å². The molecule has 0 bridgehead atoms. The van der Waals surface area contributed by atoms with Gasteiger partial charge in [-0.05, 0) is 31.2 Å². The van der Waals surface area contributed by atoms with Gasteiger partial charge in [0.2, 0.25) is 0 Å². The third-order valence-corrected chi connectivity index (χ3v) is 4.32. The largest absolute Gasteiger partial charge is 0.310 e. The fourth-order valence-electron chi connectivity index (χ4n) is 1.25. The van der Waals surface area contributed by atoms with Crippen molar-refractivity contribution < 1.29 is 24.2 Å². The van der Waals surface area contributed by atoms with Gasteiger partial charge in [0.1, 0.15) is 10.7 Å². The summed E-state index contributed by atoms with van der Waals surface area (Å²) in [4.78, 5) is 9.20. The minimum absolute atomic E-state index is 0.00600. The van der Waals surface area contributed by atoms with E-state index in [1.54, 1.807) is 12.2 Å². The molecule has 0 spiro atoms. The Morgan fingerprint density at radius 3 is 2.10 bits per heavy atom. The van der Waals surface area contributed by atoms with Crippen LogP contribution < -0.4 is 0 Å². The van der Waals surface area contributed by atoms with Gasteiger partial charge in [-0.2, -0.15) is 0 Å². The second-order valence-electron chi connectivity index (χ2n) is 4.13. The van der Waals surface area contributed by atoms with Gasteiger partial charge in [0.05, 0.1) is 0 Å². The first-order valence-corrected chi connectivity index (χ1v) is 8.43. The molecule has 8 heteroatoms. The molecule has 0 radical (unpaired) electrons. The van der Waals surface area contributed by atoms with Crippen LogP contribution in [0.15, 0.2) is 46.2 Å². The van der Waals surface area contributed by atoms with Crippen LogP contribution in [-0.4, -0.2) is 11.5 Å². The quantitative estimate of drug-likeness (QED) is 0.362. The van der Waals surface area contributed by atoms with Crippen LogP contribution in [0, 0.1) is 0 Å². The highest BCUT2D eigenvalue weighted by atomic mass is 32.5. The number of allylic oxidation sites excluding steroid dienone is 1. The number of hydrogen-bond donors (Lipinski definition) is 0. The van der Waals surface area contributed by atoms with Gasteiger partial charge in [-0.25, -0.2) is 0 Å². The fourth-order valence-corrected chi connectivity index (χ4v) is 2.66. The molecule has 0 N–H and O–H groups in total. The van der Waals surface area contributed by atoms with Gasteiger partial charge in [0, 0.05) is 17.1 Å². The molecule has 0 unspecified atom stereocenters. The van der Waals surface area contributed by atoms with Crippen LogP contribution in [0.25, 0.3) is 0 Å². The van der Waals surface area contributed by atoms with E-state index >= 15 is 0 Å². The Kier molecular flexibility index (Phi) is 4.32. The normalized spacial score (nSPS) is 15.9. The number of halogens is 5. The van der Waals surface area contributed by atoms with Crippen LogP contribution in [0.3, 0.4) is 0 Å². The lowest BCUT2D eigenvalue weighted by Crippen LogP contribution is -2.05. The number of carbonyl (C=O) groups is 1. The second kappa shape index (κ2) is 5.07. The topological polar surface area (TPSA) is 17.1 Å². The molecule has 0 atom stereocenters. The Morgan fingerprint density at radius 1 is 1.10 bits per heavy atom. The van der Waals surface area contributed by atoms with E-state index in [4.69, 9.17) is 0 Å². The lowest BCUT2D eigenvalue weighted by molar-refractivity contribution is -0.116. The Hall–Kier alpha value is -1.02. The molecule has 0 saturated carbocycles. The van der Waals surface area contributed by atoms with E-state index in [1.807, 2.05) is 0 Å². The van der Waals surface area contributed by atoms with Crippen molar-refractivity contribution in [1.82, 2.24) is 0 Å². The van der Waals surface area contributed by atoms with Crippen molar-refractivity contribution in [3.05, 3.63) is 36.4 Å². The number of rotatable bonds is 6. The molecular formula is C12H13F5OS2. The highest BCUT2D eigenvalue weighted by Crippen LogP contribution is 3.02. The summed E-state index contributed by atoms with van der Waals surface area (Å²) in [7, 11) is -9.58. The molecular weight excluding hydrogens is 319 g/mol. The number of hydrogen-bond acceptors (Lipinski definition) is 2. The van der Waals surface area contributed by atoms with E-state index in [0.717, 1.165) is 12.1 Å². The number of Topliss-reactive ketones (excluding diaryl/α,β-unsaturated/α-hetero) is 1. The molecule has 0 saturated heterocycles. The summed E-state index contributed by atoms with van der Waals surface area (Å²) in [5, 5.41) is 0. The van der Waals surface area contributed by atoms with E-state index in [2.05, 4.69) is 0 Å². The molecule has 1 nitrogen and oxygen atoms in total. The van der Waals surface area contributed by atoms with Crippen molar-refractivity contribution in [2.24, 2.45) is 0 Å². The van der Waals surface area contributed by atoms with Crippen molar-refractivity contribution in [1.29, 1.82) is 0 Å². The Balaban J connectivity index is 2.65. The maximum Gasteiger partial charge on any atom is 0.310 e. The van der Waals surface area contributed by atoms with Crippen LogP contribution >= 0.6 is 22.0 Å². The van der Waals surface area contributed by atoms with Gasteiger partial charge < -0.3 is 0 Å². The average Bonchev–Trinajstić information content (AvgIpc) is 2.25. The number of carbonyl (C=O) groups excluding carboxylic acids is 1. The molecule has 0 aliphatic heterocycles. The summed E-state index contributed by atoms with van der Waals surface area (Å²) in [5.74, 6) is 0.453. The van der Waals surface area contributed by atoms with Gasteiger partial charge in [-0.1, -0.05) is 31.6 Å². The van der Waals surface area contributed by atoms with Gasteiger partial charge in [-0.15, -0.1) is 11.8 Å². The lowest BCUT2D eigenvalue weighted by Gasteiger charge is -2.40. The first kappa shape index (κ1) is 17.0. The minimum atomic E-state index is -9.58. The maximum absolute atomic E-state index is 12.5. The van der Waals surface area contributed by atoms with E-state index in [1.165, 1.54) is 18.7 Å². The fraction of sp³-hybridized carbons (Fsp3) is 0.250. The molecule has 1 aromatic carbocycles. The van der Waals surface area contributed by atoms with Crippen LogP contribution in [0.4, 0.5) is 19.4 Å². The zero-order valence-electron chi connectivity index (χ0n) is 10.5. The van der Waals surface area contributed by atoms with Gasteiger partial charge in [0.15, 0.2) is 0 Å². The average molecular weight is 332 g/mol. The van der Waals surface area contributed by atoms with Crippen LogP contribution in [0.2, 0.25) is 0 Å². The van der Waals surface area contributed by atoms with Crippen LogP contribution in [0.1, 0.15) is 13.3 Å². The molecule has 0 aliphatic rings. The first-order chi connectivity index (χ1) is 8.88. The Labute approximate surface area is 118 Å². The molecule has 0 amide bonds. The van der Waals surface area contributed by atoms with E-state index in [9.17, 15) is 24.2 Å². The van der Waals surface area contributed by atoms with Gasteiger partial charge in [0.25, 0.3) is 0 Å². The second-order valence-corrected chi connectivity index (χ2v) is 7.63. The maximum atomic E-state index is 12.5. The van der Waals surface area contributed by atoms with Crippen molar-refractivity contribution in [2.45, 2.75) is 23.1 Å². The summed E-state index contributed by atoms with van der Waals surface area (Å²) in [5.41, 5.74) is 0. The monoisotopic (exact) mass is 332 g/mol. The standard InChI is InChI=1S/C12H13F5OS2/c1-10(18)4-2-3-9-19-11-5-7-12(8-6-11)20(13,14,15,16)17/h2-3,5-8H,4,9H2,1H3/b3-2+.